The average molecular weight is 359 g/mol. The molecule has 1 saturated heterocycles. The number of nitrogens with two attached hydrogens (primary N) is 1. The van der Waals surface area contributed by atoms with Gasteiger partial charge in [-0.15, -0.1) is 11.3 Å². The molecule has 3 N–H and O–H groups in total. The Kier molecular flexibility index (Phi) is 4.70. The minimum absolute atomic E-state index is 0.171. The molecule has 0 bridgehead atoms. The number of amides is 1. The molecular weight excluding hydrogens is 338 g/mol. The first-order chi connectivity index (χ1) is 12.2. The molecule has 0 aliphatic carbocycles. The fraction of sp³-hybridized carbons (Fsp3) is 0.444. The highest BCUT2D eigenvalue weighted by Gasteiger charge is 2.27. The number of ether oxygens (including phenoxy) is 2. The molecule has 3 heterocycles. The number of rotatable bonds is 4. The second kappa shape index (κ2) is 7.11. The quantitative estimate of drug-likeness (QED) is 0.876. The Morgan fingerprint density at radius 2 is 2.16 bits per heavy atom. The normalized spacial score (nSPS) is 18.4. The van der Waals surface area contributed by atoms with Gasteiger partial charge in [-0.1, -0.05) is 0 Å². The van der Waals surface area contributed by atoms with Crippen LogP contribution in [-0.4, -0.2) is 36.8 Å². The Balaban J connectivity index is 1.43. The van der Waals surface area contributed by atoms with E-state index in [0.717, 1.165) is 42.9 Å². The number of benzene rings is 1. The van der Waals surface area contributed by atoms with Gasteiger partial charge in [0.05, 0.1) is 18.3 Å². The fourth-order valence-electron chi connectivity index (χ4n) is 3.29. The van der Waals surface area contributed by atoms with Crippen molar-refractivity contribution in [2.24, 2.45) is 11.7 Å². The molecule has 1 aromatic heterocycles. The van der Waals surface area contributed by atoms with Crippen LogP contribution in [0.15, 0.2) is 23.6 Å². The molecule has 1 unspecified atom stereocenters. The van der Waals surface area contributed by atoms with Crippen LogP contribution < -0.4 is 15.8 Å². The van der Waals surface area contributed by atoms with Gasteiger partial charge < -0.3 is 20.5 Å². The standard InChI is InChI=1S/C18H21N3O3S/c19-16(11-3-6-23-7-4-11)17(22)21-18-20-14(10-25-18)12-1-2-15-13(9-12)5-8-24-15/h1-2,9-11,16H,3-8,19H2,(H,20,21,22). The minimum Gasteiger partial charge on any atom is -0.493 e. The lowest BCUT2D eigenvalue weighted by atomic mass is 9.92. The third-order valence-corrected chi connectivity index (χ3v) is 5.55. The molecule has 1 atom stereocenters. The SMILES string of the molecule is NC(C(=O)Nc1nc(-c2ccc3c(c2)CCO3)cs1)C1CCOCC1. The second-order valence-electron chi connectivity index (χ2n) is 6.42. The van der Waals surface area contributed by atoms with Gasteiger partial charge >= 0.3 is 0 Å². The monoisotopic (exact) mass is 359 g/mol. The smallest absolute Gasteiger partial charge is 0.243 e. The number of hydrogen-bond donors (Lipinski definition) is 2. The Morgan fingerprint density at radius 1 is 1.32 bits per heavy atom. The van der Waals surface area contributed by atoms with E-state index in [1.807, 2.05) is 17.5 Å². The number of nitrogens with one attached hydrogen (secondary N) is 1. The lowest BCUT2D eigenvalue weighted by Gasteiger charge is -2.26. The Morgan fingerprint density at radius 3 is 3.00 bits per heavy atom. The van der Waals surface area contributed by atoms with Crippen LogP contribution in [0.3, 0.4) is 0 Å². The summed E-state index contributed by atoms with van der Waals surface area (Å²) in [5.41, 5.74) is 9.21. The van der Waals surface area contributed by atoms with Crippen LogP contribution in [0.4, 0.5) is 5.13 Å². The zero-order valence-corrected chi connectivity index (χ0v) is 14.7. The summed E-state index contributed by atoms with van der Waals surface area (Å²) in [5, 5.41) is 5.39. The molecule has 2 aliphatic rings. The summed E-state index contributed by atoms with van der Waals surface area (Å²) < 4.78 is 10.9. The first-order valence-electron chi connectivity index (χ1n) is 8.56. The summed E-state index contributed by atoms with van der Waals surface area (Å²) in [6.07, 6.45) is 2.58. The van der Waals surface area contributed by atoms with Crippen LogP contribution in [0.25, 0.3) is 11.3 Å². The maximum atomic E-state index is 12.4. The molecule has 0 spiro atoms. The third kappa shape index (κ3) is 3.53. The van der Waals surface area contributed by atoms with E-state index >= 15 is 0 Å². The summed E-state index contributed by atoms with van der Waals surface area (Å²) in [5.74, 6) is 0.954. The predicted molar refractivity (Wildman–Crippen MR) is 96.9 cm³/mol. The summed E-state index contributed by atoms with van der Waals surface area (Å²) >= 11 is 1.42. The highest BCUT2D eigenvalue weighted by atomic mass is 32.1. The van der Waals surface area contributed by atoms with Crippen molar-refractivity contribution in [3.8, 4) is 17.0 Å². The van der Waals surface area contributed by atoms with Crippen LogP contribution in [-0.2, 0) is 16.0 Å². The highest BCUT2D eigenvalue weighted by Crippen LogP contribution is 2.32. The maximum Gasteiger partial charge on any atom is 0.243 e. The van der Waals surface area contributed by atoms with E-state index in [-0.39, 0.29) is 11.8 Å². The van der Waals surface area contributed by atoms with Crippen molar-refractivity contribution >= 4 is 22.4 Å². The van der Waals surface area contributed by atoms with Gasteiger partial charge in [0, 0.05) is 30.6 Å². The van der Waals surface area contributed by atoms with Crippen LogP contribution in [0.1, 0.15) is 18.4 Å². The number of hydrogen-bond acceptors (Lipinski definition) is 6. The van der Waals surface area contributed by atoms with Crippen LogP contribution in [0, 0.1) is 5.92 Å². The van der Waals surface area contributed by atoms with E-state index in [0.29, 0.717) is 18.3 Å². The number of carbonyl (C=O) groups excluding carboxylic acids is 1. The number of anilines is 1. The van der Waals surface area contributed by atoms with Crippen molar-refractivity contribution in [1.29, 1.82) is 0 Å². The number of nitrogens with zero attached hydrogens (tertiary/aromatic N) is 1. The Labute approximate surface area is 150 Å². The van der Waals surface area contributed by atoms with Crippen molar-refractivity contribution in [3.63, 3.8) is 0 Å². The van der Waals surface area contributed by atoms with Gasteiger partial charge in [-0.25, -0.2) is 4.98 Å². The summed E-state index contributed by atoms with van der Waals surface area (Å²) in [7, 11) is 0. The molecule has 4 rings (SSSR count). The molecule has 25 heavy (non-hydrogen) atoms. The highest BCUT2D eigenvalue weighted by molar-refractivity contribution is 7.14. The van der Waals surface area contributed by atoms with Gasteiger partial charge in [-0.2, -0.15) is 0 Å². The molecule has 132 valence electrons. The minimum atomic E-state index is -0.520. The van der Waals surface area contributed by atoms with Gasteiger partial charge in [-0.3, -0.25) is 4.79 Å². The van der Waals surface area contributed by atoms with Crippen molar-refractivity contribution in [3.05, 3.63) is 29.1 Å². The van der Waals surface area contributed by atoms with Crippen LogP contribution in [0.2, 0.25) is 0 Å². The molecule has 1 fully saturated rings. The van der Waals surface area contributed by atoms with E-state index in [1.165, 1.54) is 16.9 Å². The predicted octanol–water partition coefficient (Wildman–Crippen LogP) is 2.44. The zero-order valence-electron chi connectivity index (χ0n) is 13.9. The number of aromatic nitrogens is 1. The zero-order chi connectivity index (χ0) is 17.2. The van der Waals surface area contributed by atoms with E-state index < -0.39 is 6.04 Å². The molecule has 0 radical (unpaired) electrons. The van der Waals surface area contributed by atoms with E-state index in [2.05, 4.69) is 16.4 Å². The number of thiazole rings is 1. The summed E-state index contributed by atoms with van der Waals surface area (Å²) in [6, 6.07) is 5.57. The number of fused-ring (bicyclic) bond motifs is 1. The molecule has 1 aromatic carbocycles. The van der Waals surface area contributed by atoms with E-state index in [4.69, 9.17) is 15.2 Å². The van der Waals surface area contributed by atoms with E-state index in [1.54, 1.807) is 0 Å². The lowest BCUT2D eigenvalue weighted by molar-refractivity contribution is -0.119. The van der Waals surface area contributed by atoms with Crippen LogP contribution in [0.5, 0.6) is 5.75 Å². The van der Waals surface area contributed by atoms with Gasteiger partial charge in [-0.05, 0) is 42.5 Å². The van der Waals surface area contributed by atoms with Crippen molar-refractivity contribution < 1.29 is 14.3 Å². The molecule has 2 aliphatic heterocycles. The van der Waals surface area contributed by atoms with Crippen molar-refractivity contribution in [1.82, 2.24) is 4.98 Å². The lowest BCUT2D eigenvalue weighted by Crippen LogP contribution is -2.43. The van der Waals surface area contributed by atoms with Crippen molar-refractivity contribution in [2.45, 2.75) is 25.3 Å². The topological polar surface area (TPSA) is 86.5 Å². The Bertz CT molecular complexity index is 771. The van der Waals surface area contributed by atoms with Gasteiger partial charge in [0.15, 0.2) is 5.13 Å². The summed E-state index contributed by atoms with van der Waals surface area (Å²) in [4.78, 5) is 16.9. The molecule has 0 saturated carbocycles. The maximum absolute atomic E-state index is 12.4. The van der Waals surface area contributed by atoms with Gasteiger partial charge in [0.25, 0.3) is 0 Å². The van der Waals surface area contributed by atoms with E-state index in [9.17, 15) is 4.79 Å². The van der Waals surface area contributed by atoms with Gasteiger partial charge in [0.2, 0.25) is 5.91 Å². The fourth-order valence-corrected chi connectivity index (χ4v) is 4.01. The molecular formula is C18H21N3O3S. The summed E-state index contributed by atoms with van der Waals surface area (Å²) in [6.45, 7) is 2.09. The average Bonchev–Trinajstić information content (AvgIpc) is 3.30. The molecule has 2 aromatic rings. The van der Waals surface area contributed by atoms with Crippen molar-refractivity contribution in [2.75, 3.05) is 25.1 Å². The molecule has 6 nitrogen and oxygen atoms in total. The largest absolute Gasteiger partial charge is 0.493 e. The molecule has 7 heteroatoms. The second-order valence-corrected chi connectivity index (χ2v) is 7.28. The number of carbonyl (C=O) groups is 1. The van der Waals surface area contributed by atoms with Gasteiger partial charge in [0.1, 0.15) is 5.75 Å². The molecule has 1 amide bonds. The first kappa shape index (κ1) is 16.5. The third-order valence-electron chi connectivity index (χ3n) is 4.80. The van der Waals surface area contributed by atoms with Crippen LogP contribution >= 0.6 is 11.3 Å². The Hall–Kier alpha value is -1.96. The first-order valence-corrected chi connectivity index (χ1v) is 9.44.